The van der Waals surface area contributed by atoms with Crippen molar-refractivity contribution in [3.63, 3.8) is 0 Å². The van der Waals surface area contributed by atoms with Crippen LogP contribution < -0.4 is 10.5 Å². The van der Waals surface area contributed by atoms with Gasteiger partial charge in [-0.3, -0.25) is 0 Å². The zero-order chi connectivity index (χ0) is 10.7. The molecule has 1 atom stereocenters. The van der Waals surface area contributed by atoms with Gasteiger partial charge in [0.05, 0.1) is 5.69 Å². The maximum atomic E-state index is 10.5. The Bertz CT molecular complexity index is 349. The van der Waals surface area contributed by atoms with Crippen LogP contribution in [0.3, 0.4) is 0 Å². The highest BCUT2D eigenvalue weighted by molar-refractivity contribution is 5.72. The number of ether oxygens (including phenoxy) is 1. The summed E-state index contributed by atoms with van der Waals surface area (Å²) in [6.07, 6.45) is -0.889. The summed E-state index contributed by atoms with van der Waals surface area (Å²) >= 11 is 0. The first-order valence-electron chi connectivity index (χ1n) is 4.26. The summed E-state index contributed by atoms with van der Waals surface area (Å²) < 4.78 is 5.14. The smallest absolute Gasteiger partial charge is 0.344 e. The van der Waals surface area contributed by atoms with Gasteiger partial charge in [0, 0.05) is 0 Å². The first-order valence-corrected chi connectivity index (χ1v) is 4.26. The molecular weight excluding hydrogens is 182 g/mol. The van der Waals surface area contributed by atoms with Crippen molar-refractivity contribution in [3.8, 4) is 5.75 Å². The Balaban J connectivity index is 2.82. The highest BCUT2D eigenvalue weighted by Crippen LogP contribution is 2.23. The van der Waals surface area contributed by atoms with Crippen LogP contribution in [0.5, 0.6) is 5.75 Å². The predicted octanol–water partition coefficient (Wildman–Crippen LogP) is 1.43. The van der Waals surface area contributed by atoms with Crippen LogP contribution in [0.25, 0.3) is 0 Å². The summed E-state index contributed by atoms with van der Waals surface area (Å²) in [5.74, 6) is -0.601. The number of hydrogen-bond acceptors (Lipinski definition) is 3. The summed E-state index contributed by atoms with van der Waals surface area (Å²) in [5, 5.41) is 8.62. The topological polar surface area (TPSA) is 72.5 Å². The van der Waals surface area contributed by atoms with Crippen molar-refractivity contribution in [2.24, 2.45) is 0 Å². The van der Waals surface area contributed by atoms with Gasteiger partial charge in [0.15, 0.2) is 6.10 Å². The molecule has 0 fully saturated rings. The average molecular weight is 195 g/mol. The number of rotatable bonds is 3. The molecule has 14 heavy (non-hydrogen) atoms. The van der Waals surface area contributed by atoms with E-state index in [1.54, 1.807) is 12.1 Å². The zero-order valence-corrected chi connectivity index (χ0v) is 8.15. The van der Waals surface area contributed by atoms with Gasteiger partial charge in [0.2, 0.25) is 0 Å². The summed E-state index contributed by atoms with van der Waals surface area (Å²) in [6, 6.07) is 5.23. The molecule has 0 spiro atoms. The third kappa shape index (κ3) is 2.39. The van der Waals surface area contributed by atoms with Gasteiger partial charge in [0.1, 0.15) is 5.75 Å². The van der Waals surface area contributed by atoms with E-state index in [1.807, 2.05) is 13.0 Å². The molecule has 0 aliphatic heterocycles. The summed E-state index contributed by atoms with van der Waals surface area (Å²) in [7, 11) is 0. The fourth-order valence-corrected chi connectivity index (χ4v) is 1.02. The van der Waals surface area contributed by atoms with Crippen LogP contribution in [0.2, 0.25) is 0 Å². The Labute approximate surface area is 82.3 Å². The molecule has 0 bridgehead atoms. The molecule has 4 nitrogen and oxygen atoms in total. The van der Waals surface area contributed by atoms with Crippen LogP contribution in [0.1, 0.15) is 12.5 Å². The Kier molecular flexibility index (Phi) is 2.96. The molecule has 0 radical (unpaired) electrons. The first-order chi connectivity index (χ1) is 6.50. The van der Waals surface area contributed by atoms with Gasteiger partial charge in [-0.25, -0.2) is 4.79 Å². The van der Waals surface area contributed by atoms with Crippen molar-refractivity contribution in [1.82, 2.24) is 0 Å². The van der Waals surface area contributed by atoms with Crippen molar-refractivity contribution < 1.29 is 14.6 Å². The Morgan fingerprint density at radius 1 is 1.57 bits per heavy atom. The van der Waals surface area contributed by atoms with E-state index in [4.69, 9.17) is 15.6 Å². The lowest BCUT2D eigenvalue weighted by molar-refractivity contribution is -0.144. The maximum absolute atomic E-state index is 10.5. The van der Waals surface area contributed by atoms with Crippen LogP contribution in [0, 0.1) is 6.92 Å². The van der Waals surface area contributed by atoms with Gasteiger partial charge in [0.25, 0.3) is 0 Å². The number of anilines is 1. The van der Waals surface area contributed by atoms with E-state index in [2.05, 4.69) is 0 Å². The third-order valence-corrected chi connectivity index (χ3v) is 1.82. The quantitative estimate of drug-likeness (QED) is 0.715. The SMILES string of the molecule is Cc1ccc(OC(C)C(=O)O)c(N)c1. The van der Waals surface area contributed by atoms with Gasteiger partial charge >= 0.3 is 5.97 Å². The van der Waals surface area contributed by atoms with E-state index in [-0.39, 0.29) is 0 Å². The number of aliphatic carboxylic acids is 1. The highest BCUT2D eigenvalue weighted by atomic mass is 16.5. The molecule has 0 aromatic heterocycles. The van der Waals surface area contributed by atoms with Crippen LogP contribution in [-0.4, -0.2) is 17.2 Å². The summed E-state index contributed by atoms with van der Waals surface area (Å²) in [6.45, 7) is 3.36. The van der Waals surface area contributed by atoms with Crippen LogP contribution in [-0.2, 0) is 4.79 Å². The van der Waals surface area contributed by atoms with Gasteiger partial charge in [-0.15, -0.1) is 0 Å². The van der Waals surface area contributed by atoms with E-state index < -0.39 is 12.1 Å². The van der Waals surface area contributed by atoms with E-state index in [1.165, 1.54) is 6.92 Å². The highest BCUT2D eigenvalue weighted by Gasteiger charge is 2.13. The largest absolute Gasteiger partial charge is 0.479 e. The van der Waals surface area contributed by atoms with E-state index in [0.717, 1.165) is 5.56 Å². The average Bonchev–Trinajstić information content (AvgIpc) is 2.09. The minimum Gasteiger partial charge on any atom is -0.479 e. The standard InChI is InChI=1S/C10H13NO3/c1-6-3-4-9(8(11)5-6)14-7(2)10(12)13/h3-5,7H,11H2,1-2H3,(H,12,13). The molecule has 0 heterocycles. The molecular formula is C10H13NO3. The fraction of sp³-hybridized carbons (Fsp3) is 0.300. The van der Waals surface area contributed by atoms with Gasteiger partial charge in [-0.1, -0.05) is 6.07 Å². The lowest BCUT2D eigenvalue weighted by atomic mass is 10.2. The number of nitrogens with two attached hydrogens (primary N) is 1. The number of aryl methyl sites for hydroxylation is 1. The number of hydrogen-bond donors (Lipinski definition) is 2. The lowest BCUT2D eigenvalue weighted by Crippen LogP contribution is -2.23. The zero-order valence-electron chi connectivity index (χ0n) is 8.15. The van der Waals surface area contributed by atoms with Crippen molar-refractivity contribution >= 4 is 11.7 Å². The molecule has 1 aromatic rings. The van der Waals surface area contributed by atoms with Gasteiger partial charge in [-0.2, -0.15) is 0 Å². The number of carboxylic acid groups (broad SMARTS) is 1. The van der Waals surface area contributed by atoms with Crippen molar-refractivity contribution in [2.75, 3.05) is 5.73 Å². The minimum atomic E-state index is -1.01. The molecule has 0 saturated heterocycles. The van der Waals surface area contributed by atoms with Gasteiger partial charge in [-0.05, 0) is 31.5 Å². The number of benzene rings is 1. The minimum absolute atomic E-state index is 0.408. The number of nitrogen functional groups attached to an aromatic ring is 1. The monoisotopic (exact) mass is 195 g/mol. The van der Waals surface area contributed by atoms with Crippen molar-refractivity contribution in [2.45, 2.75) is 20.0 Å². The van der Waals surface area contributed by atoms with Crippen LogP contribution >= 0.6 is 0 Å². The molecule has 1 rings (SSSR count). The Morgan fingerprint density at radius 3 is 2.71 bits per heavy atom. The van der Waals surface area contributed by atoms with Crippen LogP contribution in [0.15, 0.2) is 18.2 Å². The summed E-state index contributed by atoms with van der Waals surface area (Å²) in [4.78, 5) is 10.5. The van der Waals surface area contributed by atoms with E-state index in [0.29, 0.717) is 11.4 Å². The third-order valence-electron chi connectivity index (χ3n) is 1.82. The Hall–Kier alpha value is -1.71. The lowest BCUT2D eigenvalue weighted by Gasteiger charge is -2.12. The maximum Gasteiger partial charge on any atom is 0.344 e. The second kappa shape index (κ2) is 4.00. The molecule has 3 N–H and O–H groups in total. The molecule has 0 amide bonds. The van der Waals surface area contributed by atoms with E-state index in [9.17, 15) is 4.79 Å². The molecule has 4 heteroatoms. The molecule has 1 aromatic carbocycles. The van der Waals surface area contributed by atoms with E-state index >= 15 is 0 Å². The molecule has 0 aliphatic rings. The number of carboxylic acids is 1. The van der Waals surface area contributed by atoms with Crippen molar-refractivity contribution in [1.29, 1.82) is 0 Å². The molecule has 1 unspecified atom stereocenters. The molecule has 0 aliphatic carbocycles. The van der Waals surface area contributed by atoms with Crippen LogP contribution in [0.4, 0.5) is 5.69 Å². The normalized spacial score (nSPS) is 12.1. The second-order valence-electron chi connectivity index (χ2n) is 3.14. The molecule has 76 valence electrons. The number of carbonyl (C=O) groups is 1. The fourth-order valence-electron chi connectivity index (χ4n) is 1.02. The second-order valence-corrected chi connectivity index (χ2v) is 3.14. The Morgan fingerprint density at radius 2 is 2.21 bits per heavy atom. The van der Waals surface area contributed by atoms with Crippen molar-refractivity contribution in [3.05, 3.63) is 23.8 Å². The summed E-state index contributed by atoms with van der Waals surface area (Å²) in [5.41, 5.74) is 7.12. The molecule has 0 saturated carbocycles. The predicted molar refractivity (Wildman–Crippen MR) is 53.3 cm³/mol. The van der Waals surface area contributed by atoms with Gasteiger partial charge < -0.3 is 15.6 Å². The first kappa shape index (κ1) is 10.4.